The van der Waals surface area contributed by atoms with Crippen LogP contribution in [0.25, 0.3) is 21.6 Å². The number of nitrogens with zero attached hydrogens (tertiary/aromatic N) is 3. The van der Waals surface area contributed by atoms with Gasteiger partial charge in [0.15, 0.2) is 5.82 Å². The predicted octanol–water partition coefficient (Wildman–Crippen LogP) is 3.80. The van der Waals surface area contributed by atoms with E-state index in [0.717, 1.165) is 44.5 Å². The molecule has 0 fully saturated rings. The number of rotatable bonds is 3. The molecule has 0 atom stereocenters. The minimum absolute atomic E-state index is 0.744. The summed E-state index contributed by atoms with van der Waals surface area (Å²) in [4.78, 5) is 14.7. The highest BCUT2D eigenvalue weighted by Gasteiger charge is 2.12. The molecule has 102 valence electrons. The Morgan fingerprint density at radius 1 is 1.20 bits per heavy atom. The summed E-state index contributed by atoms with van der Waals surface area (Å²) in [6, 6.07) is 6.17. The molecule has 0 aliphatic rings. The molecule has 0 aliphatic heterocycles. The molecule has 0 amide bonds. The number of fused-ring (bicyclic) bond motifs is 1. The van der Waals surface area contributed by atoms with E-state index in [4.69, 9.17) is 4.98 Å². The van der Waals surface area contributed by atoms with Gasteiger partial charge in [-0.3, -0.25) is 0 Å². The monoisotopic (exact) mass is 284 g/mol. The maximum atomic E-state index is 4.72. The minimum atomic E-state index is 0.744. The molecule has 0 unspecified atom stereocenters. The van der Waals surface area contributed by atoms with Crippen molar-refractivity contribution in [3.63, 3.8) is 0 Å². The number of thiazole rings is 1. The molecule has 0 saturated heterocycles. The van der Waals surface area contributed by atoms with Crippen molar-refractivity contribution in [2.75, 3.05) is 11.9 Å². The van der Waals surface area contributed by atoms with Crippen LogP contribution in [-0.2, 0) is 0 Å². The van der Waals surface area contributed by atoms with Crippen molar-refractivity contribution >= 4 is 28.1 Å². The highest BCUT2D eigenvalue weighted by Crippen LogP contribution is 2.29. The zero-order valence-electron chi connectivity index (χ0n) is 11.8. The molecular formula is C15H16N4S. The molecular weight excluding hydrogens is 268 g/mol. The second-order valence-corrected chi connectivity index (χ2v) is 5.88. The standard InChI is InChI=1S/C15H16N4S/c1-4-16-14-11-7-5-6-9(2)13(11)18-15(19-14)12-8-17-10(3)20-12/h5-8H,4H2,1-3H3,(H,16,18,19). The van der Waals surface area contributed by atoms with E-state index in [1.807, 2.05) is 19.2 Å². The van der Waals surface area contributed by atoms with Crippen LogP contribution < -0.4 is 5.32 Å². The van der Waals surface area contributed by atoms with Gasteiger partial charge in [0.05, 0.1) is 15.4 Å². The molecule has 1 aromatic carbocycles. The van der Waals surface area contributed by atoms with Crippen molar-refractivity contribution in [1.82, 2.24) is 15.0 Å². The Kier molecular flexibility index (Phi) is 3.36. The molecule has 3 aromatic rings. The maximum Gasteiger partial charge on any atom is 0.173 e. The molecule has 4 nitrogen and oxygen atoms in total. The van der Waals surface area contributed by atoms with E-state index in [2.05, 4.69) is 41.3 Å². The topological polar surface area (TPSA) is 50.7 Å². The molecule has 5 heteroatoms. The Labute approximate surface area is 121 Å². The number of hydrogen-bond acceptors (Lipinski definition) is 5. The highest BCUT2D eigenvalue weighted by molar-refractivity contribution is 7.14. The van der Waals surface area contributed by atoms with Gasteiger partial charge in [0, 0.05) is 18.1 Å². The van der Waals surface area contributed by atoms with Crippen LogP contribution in [0.2, 0.25) is 0 Å². The van der Waals surface area contributed by atoms with Crippen LogP contribution in [0.15, 0.2) is 24.4 Å². The summed E-state index contributed by atoms with van der Waals surface area (Å²) in [7, 11) is 0. The summed E-state index contributed by atoms with van der Waals surface area (Å²) in [6.07, 6.45) is 1.84. The average Bonchev–Trinajstić information content (AvgIpc) is 2.87. The van der Waals surface area contributed by atoms with Crippen molar-refractivity contribution < 1.29 is 0 Å². The van der Waals surface area contributed by atoms with Gasteiger partial charge >= 0.3 is 0 Å². The Bertz CT molecular complexity index is 764. The SMILES string of the molecule is CCNc1nc(-c2cnc(C)s2)nc2c(C)cccc12. The van der Waals surface area contributed by atoms with Crippen LogP contribution in [0, 0.1) is 13.8 Å². The summed E-state index contributed by atoms with van der Waals surface area (Å²) >= 11 is 1.62. The molecule has 20 heavy (non-hydrogen) atoms. The van der Waals surface area contributed by atoms with Crippen molar-refractivity contribution in [3.05, 3.63) is 35.0 Å². The van der Waals surface area contributed by atoms with Gasteiger partial charge in [-0.1, -0.05) is 12.1 Å². The molecule has 0 bridgehead atoms. The van der Waals surface area contributed by atoms with E-state index >= 15 is 0 Å². The molecule has 2 aromatic heterocycles. The average molecular weight is 284 g/mol. The lowest BCUT2D eigenvalue weighted by Gasteiger charge is -2.10. The Morgan fingerprint density at radius 2 is 2.05 bits per heavy atom. The fraction of sp³-hybridized carbons (Fsp3) is 0.267. The first-order valence-corrected chi connectivity index (χ1v) is 7.44. The summed E-state index contributed by atoms with van der Waals surface area (Å²) in [5.74, 6) is 1.63. The van der Waals surface area contributed by atoms with Crippen molar-refractivity contribution in [1.29, 1.82) is 0 Å². The second-order valence-electron chi connectivity index (χ2n) is 4.64. The quantitative estimate of drug-likeness (QED) is 0.794. The van der Waals surface area contributed by atoms with Crippen molar-refractivity contribution in [2.24, 2.45) is 0 Å². The van der Waals surface area contributed by atoms with Gasteiger partial charge in [0.1, 0.15) is 5.82 Å². The van der Waals surface area contributed by atoms with Crippen LogP contribution in [0.5, 0.6) is 0 Å². The van der Waals surface area contributed by atoms with E-state index < -0.39 is 0 Å². The van der Waals surface area contributed by atoms with Gasteiger partial charge in [0.2, 0.25) is 0 Å². The number of anilines is 1. The fourth-order valence-corrected chi connectivity index (χ4v) is 2.88. The first-order valence-electron chi connectivity index (χ1n) is 6.63. The van der Waals surface area contributed by atoms with Gasteiger partial charge < -0.3 is 5.32 Å². The number of aryl methyl sites for hydroxylation is 2. The lowest BCUT2D eigenvalue weighted by atomic mass is 10.1. The Balaban J connectivity index is 2.26. The third-order valence-electron chi connectivity index (χ3n) is 3.11. The number of para-hydroxylation sites is 1. The van der Waals surface area contributed by atoms with Gasteiger partial charge in [-0.15, -0.1) is 11.3 Å². The van der Waals surface area contributed by atoms with E-state index in [-0.39, 0.29) is 0 Å². The molecule has 1 N–H and O–H groups in total. The summed E-state index contributed by atoms with van der Waals surface area (Å²) in [5, 5.41) is 5.42. The van der Waals surface area contributed by atoms with Gasteiger partial charge in [-0.2, -0.15) is 0 Å². The van der Waals surface area contributed by atoms with Crippen LogP contribution in [0.4, 0.5) is 5.82 Å². The Hall–Kier alpha value is -2.01. The molecule has 0 aliphatic carbocycles. The predicted molar refractivity (Wildman–Crippen MR) is 84.3 cm³/mol. The molecule has 2 heterocycles. The van der Waals surface area contributed by atoms with E-state index in [0.29, 0.717) is 0 Å². The molecule has 3 rings (SSSR count). The van der Waals surface area contributed by atoms with Crippen LogP contribution in [-0.4, -0.2) is 21.5 Å². The number of benzene rings is 1. The van der Waals surface area contributed by atoms with Crippen LogP contribution in [0.3, 0.4) is 0 Å². The van der Waals surface area contributed by atoms with Crippen molar-refractivity contribution in [3.8, 4) is 10.7 Å². The summed E-state index contributed by atoms with van der Waals surface area (Å²) in [6.45, 7) is 6.97. The van der Waals surface area contributed by atoms with E-state index in [9.17, 15) is 0 Å². The lowest BCUT2D eigenvalue weighted by molar-refractivity contribution is 1.14. The fourth-order valence-electron chi connectivity index (χ4n) is 2.17. The van der Waals surface area contributed by atoms with E-state index in [1.165, 1.54) is 0 Å². The largest absolute Gasteiger partial charge is 0.370 e. The highest BCUT2D eigenvalue weighted by atomic mass is 32.1. The van der Waals surface area contributed by atoms with Gasteiger partial charge in [-0.25, -0.2) is 15.0 Å². The lowest BCUT2D eigenvalue weighted by Crippen LogP contribution is -2.03. The van der Waals surface area contributed by atoms with E-state index in [1.54, 1.807) is 11.3 Å². The van der Waals surface area contributed by atoms with Crippen LogP contribution in [0.1, 0.15) is 17.5 Å². The smallest absolute Gasteiger partial charge is 0.173 e. The summed E-state index contributed by atoms with van der Waals surface area (Å²) < 4.78 is 0. The first-order chi connectivity index (χ1) is 9.69. The maximum absolute atomic E-state index is 4.72. The molecule has 0 spiro atoms. The van der Waals surface area contributed by atoms with Gasteiger partial charge in [0.25, 0.3) is 0 Å². The minimum Gasteiger partial charge on any atom is -0.370 e. The number of hydrogen-bond donors (Lipinski definition) is 1. The molecule has 0 radical (unpaired) electrons. The zero-order valence-corrected chi connectivity index (χ0v) is 12.6. The number of nitrogens with one attached hydrogen (secondary N) is 1. The first kappa shape index (κ1) is 13.0. The zero-order chi connectivity index (χ0) is 14.1. The molecule has 0 saturated carbocycles. The van der Waals surface area contributed by atoms with Crippen LogP contribution >= 0.6 is 11.3 Å². The normalized spacial score (nSPS) is 10.9. The second kappa shape index (κ2) is 5.17. The van der Waals surface area contributed by atoms with Crippen molar-refractivity contribution in [2.45, 2.75) is 20.8 Å². The third kappa shape index (κ3) is 2.25. The number of aromatic nitrogens is 3. The summed E-state index contributed by atoms with van der Waals surface area (Å²) in [5.41, 5.74) is 2.16. The third-order valence-corrected chi connectivity index (χ3v) is 4.02. The Morgan fingerprint density at radius 3 is 2.75 bits per heavy atom. The van der Waals surface area contributed by atoms with Gasteiger partial charge in [-0.05, 0) is 32.4 Å².